The third-order valence-corrected chi connectivity index (χ3v) is 15.3. The number of aliphatic hydroxyl groups excluding tert-OH is 1. The number of aliphatic hydroxyl groups is 1. The summed E-state index contributed by atoms with van der Waals surface area (Å²) in [6.45, 7) is 1.62. The molecule has 466 valence electrons. The third kappa shape index (κ3) is 17.1. The average molecular weight is 1210 g/mol. The highest BCUT2D eigenvalue weighted by Crippen LogP contribution is 2.24. The van der Waals surface area contributed by atoms with Crippen LogP contribution < -0.4 is 53.6 Å². The van der Waals surface area contributed by atoms with E-state index in [1.807, 2.05) is 38.1 Å². The quantitative estimate of drug-likeness (QED) is 0.0249. The Morgan fingerprint density at radius 2 is 1.22 bits per heavy atom. The Kier molecular flexibility index (Phi) is 21.6. The van der Waals surface area contributed by atoms with Crippen molar-refractivity contribution >= 4 is 86.8 Å². The van der Waals surface area contributed by atoms with Crippen LogP contribution in [-0.4, -0.2) is 175 Å². The number of hydrogen-bond acceptors (Lipinski definition) is 14. The molecule has 0 radical (unpaired) electrons. The summed E-state index contributed by atoms with van der Waals surface area (Å²) in [4.78, 5) is 165. The van der Waals surface area contributed by atoms with E-state index in [0.717, 1.165) is 10.9 Å². The van der Waals surface area contributed by atoms with Crippen molar-refractivity contribution in [2.45, 2.75) is 120 Å². The Morgan fingerprint density at radius 3 is 1.81 bits per heavy atom. The fourth-order valence-electron chi connectivity index (χ4n) is 10.8. The van der Waals surface area contributed by atoms with E-state index in [9.17, 15) is 63.0 Å². The number of H-pyrrole nitrogens is 3. The molecule has 88 heavy (non-hydrogen) atoms. The van der Waals surface area contributed by atoms with E-state index in [1.165, 1.54) is 41.7 Å². The minimum Gasteiger partial charge on any atom is -0.508 e. The molecule has 11 amide bonds. The van der Waals surface area contributed by atoms with Crippen molar-refractivity contribution in [1.29, 1.82) is 0 Å². The van der Waals surface area contributed by atoms with Gasteiger partial charge in [0.15, 0.2) is 0 Å². The summed E-state index contributed by atoms with van der Waals surface area (Å²) in [5.74, 6) is -8.51. The van der Waals surface area contributed by atoms with Crippen molar-refractivity contribution in [2.75, 3.05) is 26.2 Å². The van der Waals surface area contributed by atoms with E-state index in [1.54, 1.807) is 36.7 Å². The molecule has 3 aromatic carbocycles. The first-order valence-corrected chi connectivity index (χ1v) is 28.9. The molecule has 28 nitrogen and oxygen atoms in total. The smallest absolute Gasteiger partial charge is 0.246 e. The van der Waals surface area contributed by atoms with Gasteiger partial charge in [-0.1, -0.05) is 62.4 Å². The molecule has 0 bridgehead atoms. The van der Waals surface area contributed by atoms with Gasteiger partial charge in [-0.2, -0.15) is 0 Å². The number of primary amides is 1. The zero-order valence-corrected chi connectivity index (χ0v) is 48.5. The lowest BCUT2D eigenvalue weighted by Crippen LogP contribution is -2.60. The minimum atomic E-state index is -1.75. The lowest BCUT2D eigenvalue weighted by Gasteiger charge is -2.30. The standard InChI is InChI=1S/C60H73N15O13/c1-32(2)20-43(55(83)73-47(23-35-26-64-41-11-6-4-9-39(35)41)60(88)75-19-7-12-49(75)59(87)65-28-50(61)78)69-52(80)29-66-53(81)44(21-33-13-15-37(77)16-14-33)70-58(86)48(30-76)74-56(84)45(22-34-25-63-40-10-5-3-8-38(34)40)71-57(85)46(24-36-27-62-31-67-36)72-54(82)42-17-18-51(79)68-42/h3-6,8-11,13-16,25-27,31-32,42-49,63-64,76-77H,7,12,17-24,28-30H2,1-2H3,(H2,61,78)(H,62,67)(H,65,87)(H,66,81)(H,68,79)(H,69,80)(H,70,86)(H,71,85)(H,72,82)(H,73,83)(H,74,84). The van der Waals surface area contributed by atoms with Gasteiger partial charge in [-0.3, -0.25) is 52.7 Å². The van der Waals surface area contributed by atoms with E-state index in [0.29, 0.717) is 46.1 Å². The summed E-state index contributed by atoms with van der Waals surface area (Å²) in [7, 11) is 0. The predicted octanol–water partition coefficient (Wildman–Crippen LogP) is -1.72. The molecule has 2 saturated heterocycles. The molecular formula is C60H73N15O13. The van der Waals surface area contributed by atoms with Crippen LogP contribution in [0.5, 0.6) is 5.75 Å². The van der Waals surface area contributed by atoms with Crippen molar-refractivity contribution in [1.82, 2.24) is 72.7 Å². The molecule has 16 N–H and O–H groups in total. The SMILES string of the molecule is CC(C)CC(NC(=O)CNC(=O)C(Cc1ccc(O)cc1)NC(=O)C(CO)NC(=O)C(Cc1c[nH]c2ccccc12)NC(=O)C(Cc1cnc[nH]1)NC(=O)C1CCC(=O)N1)C(=O)NC(Cc1c[nH]c2ccccc12)C(=O)N1CCCC1C(=O)NCC(N)=O. The number of nitrogens with two attached hydrogens (primary N) is 1. The summed E-state index contributed by atoms with van der Waals surface area (Å²) >= 11 is 0. The molecule has 3 aromatic heterocycles. The lowest BCUT2D eigenvalue weighted by molar-refractivity contribution is -0.142. The molecule has 2 fully saturated rings. The molecular weight excluding hydrogens is 1140 g/mol. The summed E-state index contributed by atoms with van der Waals surface area (Å²) in [6, 6.07) is 9.79. The van der Waals surface area contributed by atoms with Crippen molar-refractivity contribution in [2.24, 2.45) is 11.7 Å². The average Bonchev–Trinajstić information content (AvgIpc) is 3.68. The highest BCUT2D eigenvalue weighted by molar-refractivity contribution is 5.99. The van der Waals surface area contributed by atoms with Crippen molar-refractivity contribution in [3.05, 3.63) is 120 Å². The first-order chi connectivity index (χ1) is 42.2. The number of phenolic OH excluding ortho intramolecular Hbond substituents is 1. The number of fused-ring (bicyclic) bond motifs is 2. The van der Waals surface area contributed by atoms with E-state index in [4.69, 9.17) is 5.73 Å². The highest BCUT2D eigenvalue weighted by Gasteiger charge is 2.40. The molecule has 6 aromatic rings. The van der Waals surface area contributed by atoms with Crippen LogP contribution in [0.2, 0.25) is 0 Å². The Morgan fingerprint density at radius 1 is 0.636 bits per heavy atom. The number of amides is 11. The summed E-state index contributed by atoms with van der Waals surface area (Å²) < 4.78 is 0. The van der Waals surface area contributed by atoms with Gasteiger partial charge in [-0.05, 0) is 72.6 Å². The number of nitrogens with one attached hydrogen (secondary N) is 12. The fraction of sp³-hybridized carbons (Fsp3) is 0.400. The number of imidazole rings is 1. The van der Waals surface area contributed by atoms with Crippen LogP contribution in [0.3, 0.4) is 0 Å². The van der Waals surface area contributed by atoms with E-state index in [2.05, 4.69) is 67.8 Å². The largest absolute Gasteiger partial charge is 0.508 e. The number of likely N-dealkylation sites (tertiary alicyclic amines) is 1. The second kappa shape index (κ2) is 29.8. The van der Waals surface area contributed by atoms with Crippen LogP contribution in [0.25, 0.3) is 21.8 Å². The minimum absolute atomic E-state index is 0.0189. The number of aromatic nitrogens is 4. The van der Waals surface area contributed by atoms with Gasteiger partial charge < -0.3 is 83.6 Å². The molecule has 5 heterocycles. The van der Waals surface area contributed by atoms with Gasteiger partial charge in [0.05, 0.1) is 26.0 Å². The van der Waals surface area contributed by atoms with E-state index < -0.39 is 127 Å². The zero-order chi connectivity index (χ0) is 63.0. The number of benzene rings is 3. The Balaban J connectivity index is 0.963. The van der Waals surface area contributed by atoms with E-state index in [-0.39, 0.29) is 69.1 Å². The van der Waals surface area contributed by atoms with Gasteiger partial charge >= 0.3 is 0 Å². The molecule has 2 aliphatic heterocycles. The maximum Gasteiger partial charge on any atom is 0.246 e. The lowest BCUT2D eigenvalue weighted by atomic mass is 10.00. The first kappa shape index (κ1) is 63.9. The molecule has 8 unspecified atom stereocenters. The molecule has 0 aliphatic carbocycles. The number of rotatable bonds is 29. The second-order valence-corrected chi connectivity index (χ2v) is 22.3. The molecule has 8 rings (SSSR count). The molecule has 2 aliphatic rings. The summed E-state index contributed by atoms with van der Waals surface area (Å²) in [6.07, 6.45) is 6.78. The van der Waals surface area contributed by atoms with Crippen molar-refractivity contribution in [3.8, 4) is 5.75 Å². The van der Waals surface area contributed by atoms with Crippen LogP contribution in [0.15, 0.2) is 97.7 Å². The van der Waals surface area contributed by atoms with Crippen LogP contribution in [-0.2, 0) is 78.4 Å². The maximum absolute atomic E-state index is 14.5. The van der Waals surface area contributed by atoms with Gasteiger partial charge in [0.25, 0.3) is 0 Å². The molecule has 28 heteroatoms. The Labute approximate surface area is 504 Å². The number of aromatic amines is 3. The summed E-state index contributed by atoms with van der Waals surface area (Å²) in [5.41, 5.74) is 8.89. The normalized spacial score (nSPS) is 16.7. The maximum atomic E-state index is 14.5. The number of carbonyl (C=O) groups excluding carboxylic acids is 11. The number of para-hydroxylation sites is 2. The third-order valence-electron chi connectivity index (χ3n) is 15.3. The van der Waals surface area contributed by atoms with Gasteiger partial charge in [0.2, 0.25) is 65.0 Å². The number of aromatic hydroxyl groups is 1. The number of carbonyl (C=O) groups is 11. The number of phenols is 1. The zero-order valence-electron chi connectivity index (χ0n) is 48.5. The van der Waals surface area contributed by atoms with Crippen LogP contribution >= 0.6 is 0 Å². The Hall–Kier alpha value is -10.1. The van der Waals surface area contributed by atoms with Crippen LogP contribution in [0, 0.1) is 5.92 Å². The van der Waals surface area contributed by atoms with Gasteiger partial charge in [-0.15, -0.1) is 0 Å². The molecule has 8 atom stereocenters. The van der Waals surface area contributed by atoms with Crippen LogP contribution in [0.1, 0.15) is 68.3 Å². The van der Waals surface area contributed by atoms with E-state index >= 15 is 0 Å². The predicted molar refractivity (Wildman–Crippen MR) is 317 cm³/mol. The van der Waals surface area contributed by atoms with Crippen molar-refractivity contribution < 1.29 is 63.0 Å². The number of nitrogens with zero attached hydrogens (tertiary/aromatic N) is 2. The van der Waals surface area contributed by atoms with Crippen LogP contribution in [0.4, 0.5) is 0 Å². The Bertz CT molecular complexity index is 3510. The monoisotopic (exact) mass is 1210 g/mol. The first-order valence-electron chi connectivity index (χ1n) is 28.9. The highest BCUT2D eigenvalue weighted by atomic mass is 16.3. The molecule has 0 saturated carbocycles. The van der Waals surface area contributed by atoms with Gasteiger partial charge in [-0.25, -0.2) is 4.98 Å². The number of hydrogen-bond donors (Lipinski definition) is 15. The van der Waals surface area contributed by atoms with Crippen molar-refractivity contribution in [3.63, 3.8) is 0 Å². The summed E-state index contributed by atoms with van der Waals surface area (Å²) in [5, 5.41) is 45.7. The topological polar surface area (TPSA) is 426 Å². The molecule has 0 spiro atoms. The second-order valence-electron chi connectivity index (χ2n) is 22.3. The fourth-order valence-corrected chi connectivity index (χ4v) is 10.8. The van der Waals surface area contributed by atoms with Gasteiger partial charge in [0, 0.05) is 84.7 Å². The van der Waals surface area contributed by atoms with Gasteiger partial charge in [0.1, 0.15) is 54.1 Å².